The molecule has 0 aliphatic carbocycles. The number of ether oxygens (including phenoxy) is 2. The van der Waals surface area contributed by atoms with Crippen LogP contribution < -0.4 is 21.5 Å². The third-order valence-corrected chi connectivity index (χ3v) is 4.08. The Bertz CT molecular complexity index is 845. The molecule has 140 valence electrons. The topological polar surface area (TPSA) is 112 Å². The molecule has 2 aromatic rings. The highest BCUT2D eigenvalue weighted by Crippen LogP contribution is 2.42. The molecule has 10 heteroatoms. The first-order valence-electron chi connectivity index (χ1n) is 7.77. The maximum absolute atomic E-state index is 14.4. The lowest BCUT2D eigenvalue weighted by molar-refractivity contribution is -0.140. The number of para-hydroxylation sites is 2. The predicted molar refractivity (Wildman–Crippen MR) is 89.3 cm³/mol. The lowest BCUT2D eigenvalue weighted by Crippen LogP contribution is -2.42. The number of benzene rings is 1. The lowest BCUT2D eigenvalue weighted by Gasteiger charge is -2.20. The summed E-state index contributed by atoms with van der Waals surface area (Å²) in [5.74, 6) is -3.26. The van der Waals surface area contributed by atoms with Gasteiger partial charge in [-0.1, -0.05) is 12.1 Å². The molecule has 1 aliphatic heterocycles. The van der Waals surface area contributed by atoms with Crippen molar-refractivity contribution in [2.24, 2.45) is 0 Å². The van der Waals surface area contributed by atoms with E-state index in [1.807, 2.05) is 0 Å². The van der Waals surface area contributed by atoms with E-state index in [1.165, 1.54) is 13.2 Å². The number of rotatable bonds is 5. The highest BCUT2D eigenvalue weighted by atomic mass is 19.3. The molecule has 0 amide bonds. The lowest BCUT2D eigenvalue weighted by atomic mass is 10.1. The number of aliphatic hydroxyl groups is 1. The molecule has 8 nitrogen and oxygen atoms in total. The first-order chi connectivity index (χ1) is 12.3. The van der Waals surface area contributed by atoms with E-state index in [-0.39, 0.29) is 12.4 Å². The number of nitrogens with two attached hydrogens (primary N) is 1. The summed E-state index contributed by atoms with van der Waals surface area (Å²) >= 11 is 0. The monoisotopic (exact) mass is 368 g/mol. The van der Waals surface area contributed by atoms with Gasteiger partial charge >= 0.3 is 11.6 Å². The molecule has 1 aromatic heterocycles. The van der Waals surface area contributed by atoms with Crippen molar-refractivity contribution in [3.63, 3.8) is 0 Å². The van der Waals surface area contributed by atoms with E-state index in [2.05, 4.69) is 10.3 Å². The molecule has 1 aliphatic rings. The minimum Gasteiger partial charge on any atom is -0.495 e. The van der Waals surface area contributed by atoms with Gasteiger partial charge in [-0.05, 0) is 18.2 Å². The van der Waals surface area contributed by atoms with Crippen LogP contribution in [0.5, 0.6) is 5.75 Å². The van der Waals surface area contributed by atoms with Crippen molar-refractivity contribution < 1.29 is 23.4 Å². The molecule has 0 unspecified atom stereocenters. The van der Waals surface area contributed by atoms with Gasteiger partial charge in [-0.2, -0.15) is 13.8 Å². The second-order valence-corrected chi connectivity index (χ2v) is 5.77. The van der Waals surface area contributed by atoms with Gasteiger partial charge in [-0.3, -0.25) is 4.57 Å². The van der Waals surface area contributed by atoms with Crippen LogP contribution >= 0.6 is 0 Å². The van der Waals surface area contributed by atoms with Crippen molar-refractivity contribution in [3.8, 4) is 5.75 Å². The number of nitrogens with zero attached hydrogens (tertiary/aromatic N) is 2. The summed E-state index contributed by atoms with van der Waals surface area (Å²) in [5, 5.41) is 12.9. The first kappa shape index (κ1) is 18.1. The Labute approximate surface area is 147 Å². The van der Waals surface area contributed by atoms with Gasteiger partial charge < -0.3 is 25.6 Å². The molecular formula is C16H18F2N4O4. The Morgan fingerprint density at radius 2 is 2.15 bits per heavy atom. The fourth-order valence-corrected chi connectivity index (χ4v) is 2.74. The zero-order valence-electron chi connectivity index (χ0n) is 13.8. The number of aliphatic hydroxyl groups excluding tert-OH is 1. The standard InChI is InChI=1S/C16H18F2N4O4/c1-25-10-5-3-2-4-9(10)20-8-11-13(23)16(17,18)14(26-11)22-7-6-12(19)21-15(22)24/h2-7,11,13-14,20,23H,8H2,1H3,(H2,19,21,24)/t11-,13-,14-/m1/s1. The summed E-state index contributed by atoms with van der Waals surface area (Å²) in [6, 6.07) is 8.10. The number of alkyl halides is 2. The highest BCUT2D eigenvalue weighted by Gasteiger charge is 2.59. The molecule has 0 saturated carbocycles. The average molecular weight is 368 g/mol. The fraction of sp³-hybridized carbons (Fsp3) is 0.375. The first-order valence-corrected chi connectivity index (χ1v) is 7.77. The molecule has 0 radical (unpaired) electrons. The average Bonchev–Trinajstić information content (AvgIpc) is 2.83. The van der Waals surface area contributed by atoms with Gasteiger partial charge in [0.2, 0.25) is 6.23 Å². The maximum Gasteiger partial charge on any atom is 0.351 e. The summed E-state index contributed by atoms with van der Waals surface area (Å²) in [7, 11) is 1.48. The van der Waals surface area contributed by atoms with Crippen LogP contribution in [0.15, 0.2) is 41.3 Å². The predicted octanol–water partition coefficient (Wildman–Crippen LogP) is 0.840. The van der Waals surface area contributed by atoms with E-state index in [0.29, 0.717) is 16.0 Å². The molecular weight excluding hydrogens is 350 g/mol. The van der Waals surface area contributed by atoms with E-state index in [9.17, 15) is 18.7 Å². The smallest absolute Gasteiger partial charge is 0.351 e. The van der Waals surface area contributed by atoms with Gasteiger partial charge in [0.1, 0.15) is 23.8 Å². The van der Waals surface area contributed by atoms with Gasteiger partial charge in [-0.25, -0.2) is 4.79 Å². The van der Waals surface area contributed by atoms with E-state index in [0.717, 1.165) is 6.20 Å². The molecule has 1 saturated heterocycles. The van der Waals surface area contributed by atoms with Gasteiger partial charge in [0.15, 0.2) is 0 Å². The molecule has 4 N–H and O–H groups in total. The van der Waals surface area contributed by atoms with Crippen LogP contribution in [-0.2, 0) is 4.74 Å². The largest absolute Gasteiger partial charge is 0.495 e. The Morgan fingerprint density at radius 3 is 2.85 bits per heavy atom. The van der Waals surface area contributed by atoms with Crippen LogP contribution in [0.2, 0.25) is 0 Å². The fourth-order valence-electron chi connectivity index (χ4n) is 2.74. The Hall–Kier alpha value is -2.72. The highest BCUT2D eigenvalue weighted by molar-refractivity contribution is 5.56. The SMILES string of the molecule is COc1ccccc1NC[C@H]1O[C@@H](n2ccc(N)nc2=O)C(F)(F)[C@@H]1O. The minimum absolute atomic E-state index is 0.0949. The molecule has 1 fully saturated rings. The molecule has 2 heterocycles. The van der Waals surface area contributed by atoms with Gasteiger partial charge in [0.05, 0.1) is 12.8 Å². The molecule has 1 aromatic carbocycles. The van der Waals surface area contributed by atoms with Crippen molar-refractivity contribution in [1.29, 1.82) is 0 Å². The van der Waals surface area contributed by atoms with Crippen LogP contribution in [-0.4, -0.2) is 46.4 Å². The number of nitrogen functional groups attached to an aromatic ring is 1. The third-order valence-electron chi connectivity index (χ3n) is 4.08. The zero-order chi connectivity index (χ0) is 18.9. The van der Waals surface area contributed by atoms with E-state index in [1.54, 1.807) is 24.3 Å². The van der Waals surface area contributed by atoms with Gasteiger partial charge in [0, 0.05) is 12.7 Å². The molecule has 0 bridgehead atoms. The third kappa shape index (κ3) is 3.20. The number of nitrogens with one attached hydrogen (secondary N) is 1. The molecule has 26 heavy (non-hydrogen) atoms. The van der Waals surface area contributed by atoms with E-state index >= 15 is 0 Å². The van der Waals surface area contributed by atoms with Gasteiger partial charge in [-0.15, -0.1) is 0 Å². The molecule has 3 atom stereocenters. The van der Waals surface area contributed by atoms with Crippen molar-refractivity contribution in [3.05, 3.63) is 47.0 Å². The Balaban J connectivity index is 1.79. The Morgan fingerprint density at radius 1 is 1.42 bits per heavy atom. The summed E-state index contributed by atoms with van der Waals surface area (Å²) in [6.45, 7) is -0.120. The molecule has 3 rings (SSSR count). The van der Waals surface area contributed by atoms with Crippen molar-refractivity contribution in [2.45, 2.75) is 24.4 Å². The Kier molecular flexibility index (Phi) is 4.79. The van der Waals surface area contributed by atoms with Crippen molar-refractivity contribution in [1.82, 2.24) is 9.55 Å². The van der Waals surface area contributed by atoms with Crippen LogP contribution in [0.1, 0.15) is 6.23 Å². The molecule has 0 spiro atoms. The number of hydrogen-bond donors (Lipinski definition) is 3. The summed E-state index contributed by atoms with van der Waals surface area (Å²) in [4.78, 5) is 15.2. The van der Waals surface area contributed by atoms with Crippen LogP contribution in [0.3, 0.4) is 0 Å². The number of aromatic nitrogens is 2. The number of halogens is 2. The zero-order valence-corrected chi connectivity index (χ0v) is 13.8. The number of anilines is 2. The van der Waals surface area contributed by atoms with E-state index in [4.69, 9.17) is 15.2 Å². The van der Waals surface area contributed by atoms with Crippen molar-refractivity contribution >= 4 is 11.5 Å². The summed E-state index contributed by atoms with van der Waals surface area (Å²) in [6.07, 6.45) is -4.29. The van der Waals surface area contributed by atoms with E-state index < -0.39 is 30.0 Å². The minimum atomic E-state index is -3.69. The van der Waals surface area contributed by atoms with Crippen molar-refractivity contribution in [2.75, 3.05) is 24.7 Å². The summed E-state index contributed by atoms with van der Waals surface area (Å²) < 4.78 is 39.9. The summed E-state index contributed by atoms with van der Waals surface area (Å²) in [5.41, 5.74) is 4.94. The normalized spacial score (nSPS) is 24.4. The van der Waals surface area contributed by atoms with Crippen LogP contribution in [0, 0.1) is 0 Å². The second-order valence-electron chi connectivity index (χ2n) is 5.77. The number of hydrogen-bond acceptors (Lipinski definition) is 7. The number of methoxy groups -OCH3 is 1. The second kappa shape index (κ2) is 6.89. The van der Waals surface area contributed by atoms with Gasteiger partial charge in [0.25, 0.3) is 0 Å². The maximum atomic E-state index is 14.4. The van der Waals surface area contributed by atoms with Crippen LogP contribution in [0.4, 0.5) is 20.3 Å². The van der Waals surface area contributed by atoms with Crippen LogP contribution in [0.25, 0.3) is 0 Å². The quantitative estimate of drug-likeness (QED) is 0.717.